The number of hydrogen-bond donors (Lipinski definition) is 1. The quantitative estimate of drug-likeness (QED) is 0.268. The number of carbonyl (C=O) groups excluding carboxylic acids is 5. The molecule has 0 spiro atoms. The number of hydrogen-bond acceptors (Lipinski definition) is 7. The normalized spacial score (nSPS) is 11.2. The molecule has 3 aromatic rings. The van der Waals surface area contributed by atoms with Gasteiger partial charge in [-0.25, -0.2) is 4.79 Å². The second kappa shape index (κ2) is 13.6. The molecule has 0 radical (unpaired) electrons. The van der Waals surface area contributed by atoms with Gasteiger partial charge in [-0.3, -0.25) is 19.2 Å². The zero-order valence-electron chi connectivity index (χ0n) is 21.3. The first kappa shape index (κ1) is 28.0. The zero-order chi connectivity index (χ0) is 27.5. The van der Waals surface area contributed by atoms with Gasteiger partial charge in [-0.15, -0.1) is 0 Å². The molecule has 8 nitrogen and oxygen atoms in total. The number of rotatable bonds is 12. The van der Waals surface area contributed by atoms with Gasteiger partial charge in [-0.1, -0.05) is 60.2 Å². The van der Waals surface area contributed by atoms with Crippen molar-refractivity contribution in [3.05, 3.63) is 101 Å². The summed E-state index contributed by atoms with van der Waals surface area (Å²) in [7, 11) is 0. The number of esters is 2. The molecule has 196 valence electrons. The van der Waals surface area contributed by atoms with E-state index in [4.69, 9.17) is 9.47 Å². The summed E-state index contributed by atoms with van der Waals surface area (Å²) in [5.74, 6) is -2.11. The van der Waals surface area contributed by atoms with Crippen molar-refractivity contribution >= 4 is 35.1 Å². The minimum atomic E-state index is -0.948. The molecule has 8 heteroatoms. The number of benzene rings is 3. The second-order valence-electron chi connectivity index (χ2n) is 8.71. The van der Waals surface area contributed by atoms with Gasteiger partial charge in [0.25, 0.3) is 0 Å². The van der Waals surface area contributed by atoms with Crippen LogP contribution in [0.2, 0.25) is 0 Å². The number of ether oxygens (including phenoxy) is 2. The van der Waals surface area contributed by atoms with E-state index in [1.165, 1.54) is 19.1 Å². The van der Waals surface area contributed by atoms with Gasteiger partial charge in [0, 0.05) is 29.7 Å². The van der Waals surface area contributed by atoms with E-state index in [9.17, 15) is 24.0 Å². The minimum absolute atomic E-state index is 0.000732. The first-order valence-corrected chi connectivity index (χ1v) is 12.2. The number of aryl methyl sites for hydroxylation is 1. The third-order valence-corrected chi connectivity index (χ3v) is 5.64. The molecule has 0 aliphatic heterocycles. The maximum absolute atomic E-state index is 12.4. The second-order valence-corrected chi connectivity index (χ2v) is 8.71. The van der Waals surface area contributed by atoms with Crippen molar-refractivity contribution in [1.29, 1.82) is 0 Å². The molecule has 0 unspecified atom stereocenters. The molecule has 0 saturated carbocycles. The molecule has 0 saturated heterocycles. The fourth-order valence-corrected chi connectivity index (χ4v) is 3.47. The molecular weight excluding hydrogens is 486 g/mol. The first-order valence-electron chi connectivity index (χ1n) is 12.2. The Morgan fingerprint density at radius 3 is 2.05 bits per heavy atom. The van der Waals surface area contributed by atoms with Crippen LogP contribution in [0.1, 0.15) is 62.8 Å². The Morgan fingerprint density at radius 2 is 1.39 bits per heavy atom. The summed E-state index contributed by atoms with van der Waals surface area (Å²) in [4.78, 5) is 60.9. The Bertz CT molecular complexity index is 1280. The van der Waals surface area contributed by atoms with Crippen molar-refractivity contribution in [1.82, 2.24) is 0 Å². The van der Waals surface area contributed by atoms with E-state index in [1.807, 2.05) is 19.1 Å². The predicted octanol–water partition coefficient (Wildman–Crippen LogP) is 4.96. The lowest BCUT2D eigenvalue weighted by Crippen LogP contribution is -2.24. The predicted molar refractivity (Wildman–Crippen MR) is 141 cm³/mol. The van der Waals surface area contributed by atoms with Crippen molar-refractivity contribution in [3.8, 4) is 0 Å². The van der Waals surface area contributed by atoms with E-state index < -0.39 is 18.0 Å². The van der Waals surface area contributed by atoms with Crippen LogP contribution in [0.3, 0.4) is 0 Å². The highest BCUT2D eigenvalue weighted by Crippen LogP contribution is 2.14. The van der Waals surface area contributed by atoms with Crippen molar-refractivity contribution in [2.75, 3.05) is 11.9 Å². The molecule has 1 atom stereocenters. The van der Waals surface area contributed by atoms with Gasteiger partial charge in [0.05, 0.1) is 5.56 Å². The van der Waals surface area contributed by atoms with Crippen LogP contribution in [-0.2, 0) is 19.1 Å². The fraction of sp³-hybridized carbons (Fsp3) is 0.233. The van der Waals surface area contributed by atoms with E-state index in [0.29, 0.717) is 16.8 Å². The van der Waals surface area contributed by atoms with E-state index in [-0.39, 0.29) is 48.9 Å². The van der Waals surface area contributed by atoms with Crippen LogP contribution < -0.4 is 5.32 Å². The largest absolute Gasteiger partial charge is 0.457 e. The molecule has 0 aliphatic rings. The van der Waals surface area contributed by atoms with Crippen LogP contribution in [-0.4, -0.2) is 42.1 Å². The summed E-state index contributed by atoms with van der Waals surface area (Å²) in [6, 6.07) is 21.6. The molecule has 0 heterocycles. The highest BCUT2D eigenvalue weighted by Gasteiger charge is 2.20. The lowest BCUT2D eigenvalue weighted by molar-refractivity contribution is -0.142. The van der Waals surface area contributed by atoms with Crippen molar-refractivity contribution in [2.24, 2.45) is 0 Å². The van der Waals surface area contributed by atoms with Crippen LogP contribution in [0.5, 0.6) is 0 Å². The van der Waals surface area contributed by atoms with Gasteiger partial charge in [0.2, 0.25) is 11.7 Å². The van der Waals surface area contributed by atoms with Gasteiger partial charge in [0.1, 0.15) is 0 Å². The molecule has 0 aliphatic carbocycles. The summed E-state index contributed by atoms with van der Waals surface area (Å²) < 4.78 is 10.3. The Morgan fingerprint density at radius 1 is 0.763 bits per heavy atom. The first-order chi connectivity index (χ1) is 18.2. The highest BCUT2D eigenvalue weighted by molar-refractivity contribution is 6.01. The topological polar surface area (TPSA) is 116 Å². The molecule has 0 fully saturated rings. The van der Waals surface area contributed by atoms with Gasteiger partial charge >= 0.3 is 11.9 Å². The third-order valence-electron chi connectivity index (χ3n) is 5.64. The molecule has 1 N–H and O–H groups in total. The third kappa shape index (κ3) is 8.51. The number of ketones is 2. The Labute approximate surface area is 221 Å². The highest BCUT2D eigenvalue weighted by atomic mass is 16.5. The van der Waals surface area contributed by atoms with Crippen LogP contribution in [0.4, 0.5) is 5.69 Å². The lowest BCUT2D eigenvalue weighted by Gasteiger charge is -2.12. The molecule has 1 amide bonds. The van der Waals surface area contributed by atoms with Gasteiger partial charge < -0.3 is 14.8 Å². The maximum atomic E-state index is 12.4. The number of anilines is 1. The molecule has 0 bridgehead atoms. The van der Waals surface area contributed by atoms with Gasteiger partial charge in [0.15, 0.2) is 18.5 Å². The van der Waals surface area contributed by atoms with Crippen molar-refractivity contribution in [2.45, 2.75) is 39.2 Å². The molecule has 3 aromatic carbocycles. The van der Waals surface area contributed by atoms with Crippen molar-refractivity contribution < 1.29 is 33.4 Å². The monoisotopic (exact) mass is 515 g/mol. The van der Waals surface area contributed by atoms with E-state index >= 15 is 0 Å². The average Bonchev–Trinajstić information content (AvgIpc) is 2.92. The van der Waals surface area contributed by atoms with Gasteiger partial charge in [-0.2, -0.15) is 0 Å². The Balaban J connectivity index is 1.37. The summed E-state index contributed by atoms with van der Waals surface area (Å²) >= 11 is 0. The van der Waals surface area contributed by atoms with Crippen LogP contribution in [0.25, 0.3) is 0 Å². The SMILES string of the molecule is Cc1ccc(C(=O)COC(=O)CCCC(=O)Nc2ccc(C(=O)O[C@@H](C)C(=O)c3ccccc3)cc2)cc1. The number of amides is 1. The Kier molecular flexibility index (Phi) is 10.0. The van der Waals surface area contributed by atoms with Crippen LogP contribution in [0.15, 0.2) is 78.9 Å². The van der Waals surface area contributed by atoms with E-state index in [0.717, 1.165) is 5.56 Å². The summed E-state index contributed by atoms with van der Waals surface area (Å²) in [5, 5.41) is 2.69. The average molecular weight is 516 g/mol. The van der Waals surface area contributed by atoms with Crippen molar-refractivity contribution in [3.63, 3.8) is 0 Å². The van der Waals surface area contributed by atoms with E-state index in [1.54, 1.807) is 54.6 Å². The summed E-state index contributed by atoms with van der Waals surface area (Å²) in [6.45, 7) is 3.08. The number of nitrogens with one attached hydrogen (secondary N) is 1. The molecule has 0 aromatic heterocycles. The fourth-order valence-electron chi connectivity index (χ4n) is 3.47. The lowest BCUT2D eigenvalue weighted by atomic mass is 10.1. The molecule has 38 heavy (non-hydrogen) atoms. The standard InChI is InChI=1S/C30H29NO7/c1-20-11-13-22(14-12-20)26(32)19-37-28(34)10-6-9-27(33)31-25-17-15-24(16-18-25)30(36)38-21(2)29(35)23-7-4-3-5-8-23/h3-5,7-8,11-18,21H,6,9-10,19H2,1-2H3,(H,31,33)/t21-/m0/s1. The minimum Gasteiger partial charge on any atom is -0.457 e. The number of Topliss-reactive ketones (excluding diaryl/α,β-unsaturated/α-hetero) is 2. The van der Waals surface area contributed by atoms with Crippen LogP contribution >= 0.6 is 0 Å². The molecule has 3 rings (SSSR count). The van der Waals surface area contributed by atoms with Gasteiger partial charge in [-0.05, 0) is 44.5 Å². The number of carbonyl (C=O) groups is 5. The molecular formula is C30H29NO7. The van der Waals surface area contributed by atoms with Crippen LogP contribution in [0, 0.1) is 6.92 Å². The van der Waals surface area contributed by atoms with E-state index in [2.05, 4.69) is 5.32 Å². The smallest absolute Gasteiger partial charge is 0.338 e. The summed E-state index contributed by atoms with van der Waals surface area (Å²) in [5.41, 5.74) is 2.65. The zero-order valence-corrected chi connectivity index (χ0v) is 21.3. The maximum Gasteiger partial charge on any atom is 0.338 e. The summed E-state index contributed by atoms with van der Waals surface area (Å²) in [6.07, 6.45) is -0.624. The Hall–Kier alpha value is -4.59.